The molecule has 0 bridgehead atoms. The Bertz CT molecular complexity index is 815. The number of rotatable bonds is 7. The Morgan fingerprint density at radius 2 is 2.04 bits per heavy atom. The fraction of sp³-hybridized carbons (Fsp3) is 0.238. The highest BCUT2D eigenvalue weighted by atomic mass is 32.1. The summed E-state index contributed by atoms with van der Waals surface area (Å²) in [6.07, 6.45) is 5.79. The zero-order valence-electron chi connectivity index (χ0n) is 15.4. The smallest absolute Gasteiger partial charge is 0.252 e. The van der Waals surface area contributed by atoms with Crippen LogP contribution in [0, 0.1) is 0 Å². The van der Waals surface area contributed by atoms with Crippen LogP contribution in [0.1, 0.15) is 40.7 Å². The molecule has 0 saturated heterocycles. The van der Waals surface area contributed by atoms with E-state index in [4.69, 9.17) is 5.73 Å². The molecule has 1 aromatic heterocycles. The van der Waals surface area contributed by atoms with Crippen LogP contribution in [0.15, 0.2) is 64.5 Å². The summed E-state index contributed by atoms with van der Waals surface area (Å²) < 4.78 is 0. The second-order valence-electron chi connectivity index (χ2n) is 6.12. The second kappa shape index (κ2) is 9.85. The molecule has 5 heteroatoms. The fourth-order valence-electron chi connectivity index (χ4n) is 2.48. The van der Waals surface area contributed by atoms with Gasteiger partial charge in [-0.15, -0.1) is 11.3 Å². The van der Waals surface area contributed by atoms with Gasteiger partial charge in [-0.25, -0.2) is 0 Å². The minimum atomic E-state index is -0.202. The third-order valence-electron chi connectivity index (χ3n) is 3.74. The van der Waals surface area contributed by atoms with Gasteiger partial charge in [-0.2, -0.15) is 0 Å². The number of nitrogens with zero attached hydrogens (tertiary/aromatic N) is 1. The summed E-state index contributed by atoms with van der Waals surface area (Å²) in [5, 5.41) is 4.89. The molecular weight excluding hydrogens is 342 g/mol. The van der Waals surface area contributed by atoms with Gasteiger partial charge in [0.25, 0.3) is 5.91 Å². The predicted molar refractivity (Wildman–Crippen MR) is 112 cm³/mol. The van der Waals surface area contributed by atoms with Crippen molar-refractivity contribution in [2.24, 2.45) is 10.7 Å². The topological polar surface area (TPSA) is 67.5 Å². The molecule has 0 radical (unpaired) electrons. The first kappa shape index (κ1) is 19.8. The quantitative estimate of drug-likeness (QED) is 0.568. The Kier molecular flexibility index (Phi) is 7.51. The maximum absolute atomic E-state index is 12.6. The molecule has 0 aliphatic carbocycles. The monoisotopic (exact) mass is 367 g/mol. The van der Waals surface area contributed by atoms with E-state index in [2.05, 4.69) is 16.4 Å². The highest BCUT2D eigenvalue weighted by molar-refractivity contribution is 7.11. The van der Waals surface area contributed by atoms with Crippen LogP contribution in [0.3, 0.4) is 0 Å². The van der Waals surface area contributed by atoms with Crippen LogP contribution < -0.4 is 11.1 Å². The lowest BCUT2D eigenvalue weighted by atomic mass is 10.1. The van der Waals surface area contributed by atoms with Crippen molar-refractivity contribution >= 4 is 29.0 Å². The van der Waals surface area contributed by atoms with Crippen LogP contribution in [0.5, 0.6) is 0 Å². The summed E-state index contributed by atoms with van der Waals surface area (Å²) in [6.45, 7) is 4.44. The van der Waals surface area contributed by atoms with E-state index in [0.29, 0.717) is 12.1 Å². The third-order valence-corrected chi connectivity index (χ3v) is 4.72. The van der Waals surface area contributed by atoms with Crippen molar-refractivity contribution in [1.82, 2.24) is 5.32 Å². The van der Waals surface area contributed by atoms with Crippen molar-refractivity contribution in [2.45, 2.75) is 19.9 Å². The zero-order chi connectivity index (χ0) is 18.9. The summed E-state index contributed by atoms with van der Waals surface area (Å²) in [6, 6.07) is 11.5. The van der Waals surface area contributed by atoms with E-state index in [1.807, 2.05) is 61.7 Å². The Morgan fingerprint density at radius 1 is 1.31 bits per heavy atom. The average molecular weight is 368 g/mol. The summed E-state index contributed by atoms with van der Waals surface area (Å²) in [7, 11) is 1.74. The van der Waals surface area contributed by atoms with Crippen LogP contribution in [-0.2, 0) is 0 Å². The molecule has 4 nitrogen and oxygen atoms in total. The summed E-state index contributed by atoms with van der Waals surface area (Å²) in [5.41, 5.74) is 9.72. The number of nitrogens with two attached hydrogens (primary N) is 1. The van der Waals surface area contributed by atoms with Crippen LogP contribution in [0.4, 0.5) is 0 Å². The van der Waals surface area contributed by atoms with E-state index in [1.165, 1.54) is 5.57 Å². The van der Waals surface area contributed by atoms with Crippen LogP contribution in [0.2, 0.25) is 0 Å². The molecular formula is C21H25N3OS. The molecule has 0 spiro atoms. The highest BCUT2D eigenvalue weighted by Gasteiger charge is 2.16. The fourth-order valence-corrected chi connectivity index (χ4v) is 3.37. The molecule has 136 valence electrons. The van der Waals surface area contributed by atoms with Gasteiger partial charge in [0.1, 0.15) is 0 Å². The Morgan fingerprint density at radius 3 is 2.65 bits per heavy atom. The number of carbonyl (C=O) groups excluding carboxylic acids is 1. The molecule has 26 heavy (non-hydrogen) atoms. The number of aliphatic imine (C=N–C) groups is 1. The van der Waals surface area contributed by atoms with Crippen molar-refractivity contribution in [3.8, 4) is 0 Å². The Labute approximate surface area is 159 Å². The normalized spacial score (nSPS) is 12.8. The van der Waals surface area contributed by atoms with Crippen LogP contribution >= 0.6 is 11.3 Å². The first-order valence-corrected chi connectivity index (χ1v) is 9.35. The number of hydrogen-bond acceptors (Lipinski definition) is 4. The number of thiophene rings is 1. The van der Waals surface area contributed by atoms with Gasteiger partial charge in [-0.1, -0.05) is 42.0 Å². The lowest BCUT2D eigenvalue weighted by Gasteiger charge is -2.16. The molecule has 1 unspecified atom stereocenters. The maximum atomic E-state index is 12.6. The minimum Gasteiger partial charge on any atom is -0.344 e. The molecule has 2 rings (SSSR count). The largest absolute Gasteiger partial charge is 0.344 e. The van der Waals surface area contributed by atoms with Crippen molar-refractivity contribution in [1.29, 1.82) is 0 Å². The summed E-state index contributed by atoms with van der Waals surface area (Å²) in [5.74, 6) is -0.118. The molecule has 2 aromatic rings. The standard InChI is InChI=1S/C21H25N3OS/c1-15(2)11-17(9-10-23-3)20-12-18(14-26-20)21(25)24-19(13-22)16-7-5-4-6-8-16/h4-12,14,19H,13,22H2,1-3H3,(H,24,25)/b17-9+,23-10-. The van der Waals surface area contributed by atoms with E-state index in [1.54, 1.807) is 24.6 Å². The van der Waals surface area contributed by atoms with E-state index in [9.17, 15) is 4.79 Å². The number of hydrogen-bond donors (Lipinski definition) is 2. The van der Waals surface area contributed by atoms with E-state index >= 15 is 0 Å². The molecule has 0 saturated carbocycles. The zero-order valence-corrected chi connectivity index (χ0v) is 16.2. The van der Waals surface area contributed by atoms with Gasteiger partial charge in [-0.3, -0.25) is 9.79 Å². The van der Waals surface area contributed by atoms with E-state index in [0.717, 1.165) is 16.0 Å². The molecule has 1 amide bonds. The predicted octanol–water partition coefficient (Wildman–Crippen LogP) is 4.23. The van der Waals surface area contributed by atoms with Gasteiger partial charge in [0.15, 0.2) is 0 Å². The molecule has 0 aliphatic rings. The highest BCUT2D eigenvalue weighted by Crippen LogP contribution is 2.25. The summed E-state index contributed by atoms with van der Waals surface area (Å²) >= 11 is 1.54. The average Bonchev–Trinajstić information content (AvgIpc) is 3.13. The van der Waals surface area contributed by atoms with Gasteiger partial charge < -0.3 is 11.1 Å². The lowest BCUT2D eigenvalue weighted by Crippen LogP contribution is -2.33. The van der Waals surface area contributed by atoms with Crippen molar-refractivity contribution < 1.29 is 4.79 Å². The van der Waals surface area contributed by atoms with Crippen molar-refractivity contribution in [3.63, 3.8) is 0 Å². The maximum Gasteiger partial charge on any atom is 0.252 e. The van der Waals surface area contributed by atoms with E-state index in [-0.39, 0.29) is 11.9 Å². The molecule has 1 aromatic carbocycles. The minimum absolute atomic E-state index is 0.118. The third kappa shape index (κ3) is 5.51. The molecule has 1 atom stereocenters. The Balaban J connectivity index is 2.19. The molecule has 0 fully saturated rings. The number of nitrogens with one attached hydrogen (secondary N) is 1. The second-order valence-corrected chi connectivity index (χ2v) is 7.03. The number of allylic oxidation sites excluding steroid dienone is 4. The van der Waals surface area contributed by atoms with Gasteiger partial charge >= 0.3 is 0 Å². The van der Waals surface area contributed by atoms with E-state index < -0.39 is 0 Å². The number of benzene rings is 1. The van der Waals surface area contributed by atoms with Gasteiger partial charge in [-0.05, 0) is 37.1 Å². The summed E-state index contributed by atoms with van der Waals surface area (Å²) in [4.78, 5) is 17.7. The molecule has 0 aliphatic heterocycles. The van der Waals surface area contributed by atoms with Crippen molar-refractivity contribution in [2.75, 3.05) is 13.6 Å². The van der Waals surface area contributed by atoms with Crippen LogP contribution in [0.25, 0.3) is 5.57 Å². The number of amides is 1. The first-order chi connectivity index (χ1) is 12.5. The molecule has 3 N–H and O–H groups in total. The van der Waals surface area contributed by atoms with Gasteiger partial charge in [0.2, 0.25) is 0 Å². The SMILES string of the molecule is C/N=C\C=C(/C=C(C)C)c1cc(C(=O)NC(CN)c2ccccc2)cs1. The van der Waals surface area contributed by atoms with Gasteiger partial charge in [0, 0.05) is 30.1 Å². The lowest BCUT2D eigenvalue weighted by molar-refractivity contribution is 0.0938. The number of carbonyl (C=O) groups is 1. The van der Waals surface area contributed by atoms with Crippen molar-refractivity contribution in [3.05, 3.63) is 75.5 Å². The Hall–Kier alpha value is -2.50. The molecule has 1 heterocycles. The van der Waals surface area contributed by atoms with Gasteiger partial charge in [0.05, 0.1) is 11.6 Å². The van der Waals surface area contributed by atoms with Crippen LogP contribution in [-0.4, -0.2) is 25.7 Å². The first-order valence-electron chi connectivity index (χ1n) is 8.47.